The molecule has 0 saturated carbocycles. The molecule has 2 aliphatic heterocycles. The van der Waals surface area contributed by atoms with Gasteiger partial charge in [0, 0.05) is 0 Å². The van der Waals surface area contributed by atoms with Crippen molar-refractivity contribution in [3.05, 3.63) is 35.9 Å². The van der Waals surface area contributed by atoms with E-state index in [4.69, 9.17) is 18.9 Å². The van der Waals surface area contributed by atoms with Gasteiger partial charge in [-0.2, -0.15) is 0 Å². The molecule has 112 valence electrons. The van der Waals surface area contributed by atoms with Gasteiger partial charge in [-0.05, 0) is 12.1 Å². The van der Waals surface area contributed by atoms with Gasteiger partial charge in [0.05, 0.1) is 31.1 Å². The normalized spacial score (nSPS) is 25.8. The van der Waals surface area contributed by atoms with Gasteiger partial charge in [0.1, 0.15) is 12.7 Å². The van der Waals surface area contributed by atoms with Crippen LogP contribution in [0.25, 0.3) is 0 Å². The molecule has 2 unspecified atom stereocenters. The first kappa shape index (κ1) is 14.0. The Kier molecular flexibility index (Phi) is 4.17. The number of carbonyl (C=O) groups excluding carboxylic acids is 2. The Hall–Kier alpha value is -1.92. The molecule has 0 amide bonds. The zero-order valence-corrected chi connectivity index (χ0v) is 11.4. The fraction of sp³-hybridized carbons (Fsp3) is 0.467. The molecule has 2 heterocycles. The highest BCUT2D eigenvalue weighted by molar-refractivity contribution is 5.89. The fourth-order valence-corrected chi connectivity index (χ4v) is 2.50. The molecule has 0 bridgehead atoms. The number of cyclic esters (lactones) is 1. The van der Waals surface area contributed by atoms with E-state index in [0.717, 1.165) is 0 Å². The lowest BCUT2D eigenvalue weighted by Gasteiger charge is -2.21. The van der Waals surface area contributed by atoms with Crippen LogP contribution in [0.4, 0.5) is 0 Å². The molecule has 0 radical (unpaired) electrons. The van der Waals surface area contributed by atoms with Crippen LogP contribution >= 0.6 is 0 Å². The Labute approximate surface area is 121 Å². The minimum absolute atomic E-state index is 0.00730. The lowest BCUT2D eigenvalue weighted by Crippen LogP contribution is -2.33. The molecule has 3 rings (SSSR count). The highest BCUT2D eigenvalue weighted by Crippen LogP contribution is 2.30. The summed E-state index contributed by atoms with van der Waals surface area (Å²) in [5.74, 6) is -0.992. The lowest BCUT2D eigenvalue weighted by atomic mass is 10.0. The van der Waals surface area contributed by atoms with Crippen molar-refractivity contribution in [2.45, 2.75) is 18.8 Å². The fourth-order valence-electron chi connectivity index (χ4n) is 2.50. The maximum atomic E-state index is 11.9. The summed E-state index contributed by atoms with van der Waals surface area (Å²) in [6.45, 7) is 1.02. The van der Waals surface area contributed by atoms with Gasteiger partial charge in [-0.1, -0.05) is 18.2 Å². The third kappa shape index (κ3) is 3.22. The summed E-state index contributed by atoms with van der Waals surface area (Å²) in [5.41, 5.74) is 0.465. The summed E-state index contributed by atoms with van der Waals surface area (Å²) in [5, 5.41) is 0. The number of rotatable bonds is 4. The van der Waals surface area contributed by atoms with Crippen LogP contribution < -0.4 is 0 Å². The van der Waals surface area contributed by atoms with E-state index in [1.807, 2.05) is 6.07 Å². The number of benzene rings is 1. The predicted octanol–water partition coefficient (Wildman–Crippen LogP) is 1.15. The summed E-state index contributed by atoms with van der Waals surface area (Å²) in [7, 11) is 0. The largest absolute Gasteiger partial charge is 0.458 e. The molecular formula is C15H16O6. The molecule has 0 spiro atoms. The van der Waals surface area contributed by atoms with E-state index < -0.39 is 18.4 Å². The Bertz CT molecular complexity index is 508. The van der Waals surface area contributed by atoms with Crippen molar-refractivity contribution in [1.82, 2.24) is 0 Å². The molecule has 6 heteroatoms. The van der Waals surface area contributed by atoms with Gasteiger partial charge in [-0.15, -0.1) is 0 Å². The third-order valence-electron chi connectivity index (χ3n) is 3.55. The average Bonchev–Trinajstić information content (AvgIpc) is 3.14. The van der Waals surface area contributed by atoms with Crippen molar-refractivity contribution >= 4 is 11.9 Å². The van der Waals surface area contributed by atoms with Crippen molar-refractivity contribution in [1.29, 1.82) is 0 Å². The van der Waals surface area contributed by atoms with E-state index in [-0.39, 0.29) is 24.9 Å². The number of esters is 2. The molecule has 6 nitrogen and oxygen atoms in total. The second-order valence-corrected chi connectivity index (χ2v) is 4.97. The van der Waals surface area contributed by atoms with E-state index in [1.165, 1.54) is 0 Å². The Morgan fingerprint density at radius 2 is 1.90 bits per heavy atom. The second-order valence-electron chi connectivity index (χ2n) is 4.97. The molecule has 0 aliphatic carbocycles. The summed E-state index contributed by atoms with van der Waals surface area (Å²) >= 11 is 0. The summed E-state index contributed by atoms with van der Waals surface area (Å²) in [4.78, 5) is 23.3. The van der Waals surface area contributed by atoms with Crippen molar-refractivity contribution in [3.8, 4) is 0 Å². The summed E-state index contributed by atoms with van der Waals surface area (Å²) < 4.78 is 21.2. The molecule has 0 N–H and O–H groups in total. The Morgan fingerprint density at radius 3 is 2.62 bits per heavy atom. The second kappa shape index (κ2) is 6.24. The van der Waals surface area contributed by atoms with E-state index in [2.05, 4.69) is 0 Å². The lowest BCUT2D eigenvalue weighted by molar-refractivity contribution is -0.144. The topological polar surface area (TPSA) is 71.1 Å². The van der Waals surface area contributed by atoms with Crippen molar-refractivity contribution in [3.63, 3.8) is 0 Å². The van der Waals surface area contributed by atoms with Crippen LogP contribution in [-0.2, 0) is 23.7 Å². The standard InChI is InChI=1S/C15H16O6/c16-13-8-11(15-18-6-7-19-15)12(21-13)9-20-14(17)10-4-2-1-3-5-10/h1-5,11-12,15H,6-9H2. The molecule has 2 saturated heterocycles. The molecule has 1 aromatic carbocycles. The van der Waals surface area contributed by atoms with Gasteiger partial charge in [0.15, 0.2) is 6.29 Å². The minimum Gasteiger partial charge on any atom is -0.458 e. The van der Waals surface area contributed by atoms with Gasteiger partial charge in [-0.3, -0.25) is 4.79 Å². The first-order valence-electron chi connectivity index (χ1n) is 6.89. The number of ether oxygens (including phenoxy) is 4. The molecule has 2 atom stereocenters. The maximum Gasteiger partial charge on any atom is 0.338 e. The van der Waals surface area contributed by atoms with Crippen LogP contribution in [0.5, 0.6) is 0 Å². The van der Waals surface area contributed by atoms with Crippen molar-refractivity contribution in [2.24, 2.45) is 5.92 Å². The number of carbonyl (C=O) groups is 2. The third-order valence-corrected chi connectivity index (χ3v) is 3.55. The van der Waals surface area contributed by atoms with Crippen LogP contribution in [0, 0.1) is 5.92 Å². The zero-order valence-electron chi connectivity index (χ0n) is 11.4. The van der Waals surface area contributed by atoms with Crippen LogP contribution in [-0.4, -0.2) is 44.2 Å². The van der Waals surface area contributed by atoms with Gasteiger partial charge in [0.2, 0.25) is 0 Å². The number of hydrogen-bond acceptors (Lipinski definition) is 6. The molecular weight excluding hydrogens is 276 g/mol. The SMILES string of the molecule is O=C1CC(C2OCCO2)C(COC(=O)c2ccccc2)O1. The highest BCUT2D eigenvalue weighted by Gasteiger charge is 2.43. The average molecular weight is 292 g/mol. The van der Waals surface area contributed by atoms with Gasteiger partial charge < -0.3 is 18.9 Å². The van der Waals surface area contributed by atoms with Crippen molar-refractivity contribution < 1.29 is 28.5 Å². The van der Waals surface area contributed by atoms with Crippen LogP contribution in [0.1, 0.15) is 16.8 Å². The first-order valence-corrected chi connectivity index (χ1v) is 6.89. The molecule has 21 heavy (non-hydrogen) atoms. The Morgan fingerprint density at radius 1 is 1.19 bits per heavy atom. The van der Waals surface area contributed by atoms with Gasteiger partial charge >= 0.3 is 11.9 Å². The predicted molar refractivity (Wildman–Crippen MR) is 70.4 cm³/mol. The summed E-state index contributed by atoms with van der Waals surface area (Å²) in [6.07, 6.45) is -0.761. The zero-order chi connectivity index (χ0) is 14.7. The van der Waals surface area contributed by atoms with E-state index in [0.29, 0.717) is 18.8 Å². The first-order chi connectivity index (χ1) is 10.2. The summed E-state index contributed by atoms with van der Waals surface area (Å²) in [6, 6.07) is 8.68. The van der Waals surface area contributed by atoms with Crippen LogP contribution in [0.15, 0.2) is 30.3 Å². The van der Waals surface area contributed by atoms with Crippen LogP contribution in [0.2, 0.25) is 0 Å². The minimum atomic E-state index is -0.520. The quantitative estimate of drug-likeness (QED) is 0.775. The van der Waals surface area contributed by atoms with Crippen molar-refractivity contribution in [2.75, 3.05) is 19.8 Å². The Balaban J connectivity index is 1.58. The van der Waals surface area contributed by atoms with Gasteiger partial charge in [-0.25, -0.2) is 4.79 Å². The molecule has 2 fully saturated rings. The van der Waals surface area contributed by atoms with E-state index >= 15 is 0 Å². The van der Waals surface area contributed by atoms with E-state index in [1.54, 1.807) is 24.3 Å². The van der Waals surface area contributed by atoms with E-state index in [9.17, 15) is 9.59 Å². The molecule has 2 aliphatic rings. The smallest absolute Gasteiger partial charge is 0.338 e. The molecule has 1 aromatic rings. The number of hydrogen-bond donors (Lipinski definition) is 0. The maximum absolute atomic E-state index is 11.9. The highest BCUT2D eigenvalue weighted by atomic mass is 16.7. The monoisotopic (exact) mass is 292 g/mol. The van der Waals surface area contributed by atoms with Gasteiger partial charge in [0.25, 0.3) is 0 Å². The van der Waals surface area contributed by atoms with Crippen LogP contribution in [0.3, 0.4) is 0 Å². The molecule has 0 aromatic heterocycles.